The molecule has 0 aliphatic heterocycles. The molecule has 1 aliphatic carbocycles. The van der Waals surface area contributed by atoms with Crippen molar-refractivity contribution in [1.82, 2.24) is 10.0 Å². The van der Waals surface area contributed by atoms with Gasteiger partial charge in [0.2, 0.25) is 10.0 Å². The number of aryl methyl sites for hydroxylation is 1. The Hall–Kier alpha value is -3.49. The molecule has 30 heavy (non-hydrogen) atoms. The molecule has 2 amide bonds. The zero-order valence-electron chi connectivity index (χ0n) is 16.1. The molecule has 7 nitrogen and oxygen atoms in total. The van der Waals surface area contributed by atoms with Gasteiger partial charge in [0.05, 0.1) is 11.6 Å². The van der Waals surface area contributed by atoms with Gasteiger partial charge in [-0.15, -0.1) is 0 Å². The summed E-state index contributed by atoms with van der Waals surface area (Å²) in [6, 6.07) is 18.2. The van der Waals surface area contributed by atoms with E-state index in [4.69, 9.17) is 0 Å². The van der Waals surface area contributed by atoms with Crippen LogP contribution >= 0.6 is 0 Å². The van der Waals surface area contributed by atoms with E-state index in [-0.39, 0.29) is 17.3 Å². The molecule has 8 heteroatoms. The summed E-state index contributed by atoms with van der Waals surface area (Å²) in [4.78, 5) is 24.8. The summed E-state index contributed by atoms with van der Waals surface area (Å²) in [5.74, 6) is -0.0875. The molecule has 3 aromatic rings. The van der Waals surface area contributed by atoms with Gasteiger partial charge in [0.15, 0.2) is 5.78 Å². The third kappa shape index (κ3) is 3.83. The van der Waals surface area contributed by atoms with Crippen LogP contribution in [0.4, 0.5) is 10.5 Å². The second-order valence-corrected chi connectivity index (χ2v) is 8.67. The summed E-state index contributed by atoms with van der Waals surface area (Å²) < 4.78 is 26.8. The number of sulfonamides is 1. The van der Waals surface area contributed by atoms with Crippen molar-refractivity contribution >= 4 is 27.5 Å². The first-order valence-corrected chi connectivity index (χ1v) is 10.7. The standard InChI is InChI=1S/C22H19N3O4S/c1-14-6-9-16(10-7-14)30(28,29)24-13-23-22(27)25-15-8-11-18-17-4-2-3-5-19(17)21(26)20(18)12-15/h2-12,24H,13H2,1H3,(H2,23,25,27). The van der Waals surface area contributed by atoms with Gasteiger partial charge in [0.1, 0.15) is 0 Å². The van der Waals surface area contributed by atoms with E-state index < -0.39 is 16.1 Å². The molecule has 0 spiro atoms. The third-order valence-electron chi connectivity index (χ3n) is 4.83. The molecule has 0 saturated carbocycles. The van der Waals surface area contributed by atoms with Gasteiger partial charge in [-0.2, -0.15) is 4.72 Å². The number of amides is 2. The van der Waals surface area contributed by atoms with Gasteiger partial charge in [-0.25, -0.2) is 13.2 Å². The first-order valence-electron chi connectivity index (χ1n) is 9.24. The number of carbonyl (C=O) groups is 2. The maximum atomic E-state index is 12.6. The van der Waals surface area contributed by atoms with Crippen LogP contribution < -0.4 is 15.4 Å². The van der Waals surface area contributed by atoms with E-state index in [9.17, 15) is 18.0 Å². The molecule has 0 heterocycles. The van der Waals surface area contributed by atoms with Crippen molar-refractivity contribution in [3.05, 3.63) is 83.4 Å². The van der Waals surface area contributed by atoms with Crippen molar-refractivity contribution in [1.29, 1.82) is 0 Å². The molecule has 0 unspecified atom stereocenters. The molecule has 152 valence electrons. The Labute approximate surface area is 174 Å². The highest BCUT2D eigenvalue weighted by Crippen LogP contribution is 2.37. The zero-order chi connectivity index (χ0) is 21.3. The third-order valence-corrected chi connectivity index (χ3v) is 6.24. The van der Waals surface area contributed by atoms with Crippen LogP contribution in [0, 0.1) is 6.92 Å². The first kappa shape index (κ1) is 19.8. The number of anilines is 1. The zero-order valence-corrected chi connectivity index (χ0v) is 16.9. The topological polar surface area (TPSA) is 104 Å². The normalized spacial score (nSPS) is 12.2. The number of fused-ring (bicyclic) bond motifs is 3. The minimum atomic E-state index is -3.73. The second-order valence-electron chi connectivity index (χ2n) is 6.90. The molecular formula is C22H19N3O4S. The Morgan fingerprint density at radius 2 is 1.53 bits per heavy atom. The monoisotopic (exact) mass is 421 g/mol. The van der Waals surface area contributed by atoms with Gasteiger partial charge in [-0.05, 0) is 42.3 Å². The molecule has 0 atom stereocenters. The smallest absolute Gasteiger partial charge is 0.320 e. The van der Waals surface area contributed by atoms with Gasteiger partial charge < -0.3 is 10.6 Å². The van der Waals surface area contributed by atoms with Crippen LogP contribution in [-0.4, -0.2) is 26.9 Å². The van der Waals surface area contributed by atoms with E-state index in [1.165, 1.54) is 12.1 Å². The average molecular weight is 421 g/mol. The van der Waals surface area contributed by atoms with Crippen LogP contribution in [0.3, 0.4) is 0 Å². The van der Waals surface area contributed by atoms with Crippen molar-refractivity contribution in [2.24, 2.45) is 0 Å². The van der Waals surface area contributed by atoms with Gasteiger partial charge in [-0.3, -0.25) is 4.79 Å². The number of rotatable bonds is 5. The van der Waals surface area contributed by atoms with E-state index in [1.54, 1.807) is 36.4 Å². The molecule has 0 bridgehead atoms. The maximum absolute atomic E-state index is 12.6. The number of benzene rings is 3. The van der Waals surface area contributed by atoms with Crippen LogP contribution in [0.15, 0.2) is 71.6 Å². The molecule has 4 rings (SSSR count). The quantitative estimate of drug-likeness (QED) is 0.430. The molecule has 1 aliphatic rings. The number of carbonyl (C=O) groups excluding carboxylic acids is 2. The van der Waals surface area contributed by atoms with Gasteiger partial charge in [0.25, 0.3) is 0 Å². The van der Waals surface area contributed by atoms with Crippen LogP contribution in [0.5, 0.6) is 0 Å². The average Bonchev–Trinajstić information content (AvgIpc) is 3.00. The fraction of sp³-hybridized carbons (Fsp3) is 0.0909. The van der Waals surface area contributed by atoms with Crippen molar-refractivity contribution < 1.29 is 18.0 Å². The highest BCUT2D eigenvalue weighted by molar-refractivity contribution is 7.89. The summed E-state index contributed by atoms with van der Waals surface area (Å²) in [6.07, 6.45) is 0. The SMILES string of the molecule is Cc1ccc(S(=O)(=O)NCNC(=O)Nc2ccc3c(c2)C(=O)c2ccccc2-3)cc1. The Balaban J connectivity index is 1.37. The predicted octanol–water partition coefficient (Wildman–Crippen LogP) is 3.26. The first-order chi connectivity index (χ1) is 14.3. The lowest BCUT2D eigenvalue weighted by Crippen LogP contribution is -2.39. The Kier molecular flexibility index (Phi) is 5.11. The lowest BCUT2D eigenvalue weighted by molar-refractivity contribution is 0.104. The van der Waals surface area contributed by atoms with E-state index >= 15 is 0 Å². The minimum Gasteiger partial charge on any atom is -0.324 e. The Morgan fingerprint density at radius 3 is 2.27 bits per heavy atom. The van der Waals surface area contributed by atoms with Gasteiger partial charge in [-0.1, -0.05) is 48.0 Å². The van der Waals surface area contributed by atoms with E-state index in [0.717, 1.165) is 16.7 Å². The lowest BCUT2D eigenvalue weighted by atomic mass is 10.1. The number of hydrogen-bond acceptors (Lipinski definition) is 4. The lowest BCUT2D eigenvalue weighted by Gasteiger charge is -2.10. The molecule has 3 N–H and O–H groups in total. The fourth-order valence-corrected chi connectivity index (χ4v) is 4.22. The Bertz CT molecular complexity index is 1250. The van der Waals surface area contributed by atoms with Crippen LogP contribution in [0.1, 0.15) is 21.5 Å². The highest BCUT2D eigenvalue weighted by Gasteiger charge is 2.26. The van der Waals surface area contributed by atoms with Crippen molar-refractivity contribution in [2.75, 3.05) is 12.0 Å². The molecule has 0 radical (unpaired) electrons. The second kappa shape index (κ2) is 7.74. The fourth-order valence-electron chi connectivity index (χ4n) is 3.29. The van der Waals surface area contributed by atoms with E-state index in [1.807, 2.05) is 25.1 Å². The van der Waals surface area contributed by atoms with E-state index in [2.05, 4.69) is 15.4 Å². The largest absolute Gasteiger partial charge is 0.324 e. The van der Waals surface area contributed by atoms with Crippen LogP contribution in [0.2, 0.25) is 0 Å². The summed E-state index contributed by atoms with van der Waals surface area (Å²) in [5.41, 5.74) is 4.25. The molecule has 3 aromatic carbocycles. The molecule has 0 fully saturated rings. The van der Waals surface area contributed by atoms with Crippen LogP contribution in [0.25, 0.3) is 11.1 Å². The van der Waals surface area contributed by atoms with Crippen molar-refractivity contribution in [3.8, 4) is 11.1 Å². The maximum Gasteiger partial charge on any atom is 0.320 e. The summed E-state index contributed by atoms with van der Waals surface area (Å²) in [6.45, 7) is 1.58. The number of urea groups is 1. The minimum absolute atomic E-state index is 0.0875. The van der Waals surface area contributed by atoms with E-state index in [0.29, 0.717) is 16.8 Å². The molecule has 0 aromatic heterocycles. The Morgan fingerprint density at radius 1 is 0.867 bits per heavy atom. The molecular weight excluding hydrogens is 402 g/mol. The van der Waals surface area contributed by atoms with Gasteiger partial charge >= 0.3 is 6.03 Å². The van der Waals surface area contributed by atoms with Crippen LogP contribution in [-0.2, 0) is 10.0 Å². The number of hydrogen-bond donors (Lipinski definition) is 3. The number of nitrogens with one attached hydrogen (secondary N) is 3. The highest BCUT2D eigenvalue weighted by atomic mass is 32.2. The van der Waals surface area contributed by atoms with Crippen molar-refractivity contribution in [2.45, 2.75) is 11.8 Å². The summed E-state index contributed by atoms with van der Waals surface area (Å²) in [7, 11) is -3.73. The summed E-state index contributed by atoms with van der Waals surface area (Å²) in [5, 5.41) is 5.05. The molecule has 0 saturated heterocycles. The number of ketones is 1. The predicted molar refractivity (Wildman–Crippen MR) is 114 cm³/mol. The summed E-state index contributed by atoms with van der Waals surface area (Å²) >= 11 is 0. The van der Waals surface area contributed by atoms with Crippen molar-refractivity contribution in [3.63, 3.8) is 0 Å². The van der Waals surface area contributed by atoms with Gasteiger partial charge in [0, 0.05) is 16.8 Å².